The van der Waals surface area contributed by atoms with Crippen molar-refractivity contribution >= 4 is 18.0 Å². The second-order valence-electron chi connectivity index (χ2n) is 3.52. The molecule has 0 bridgehead atoms. The number of hydrogen-bond acceptors (Lipinski definition) is 5. The zero-order chi connectivity index (χ0) is 13.1. The third kappa shape index (κ3) is 2.60. The van der Waals surface area contributed by atoms with E-state index in [9.17, 15) is 9.59 Å². The van der Waals surface area contributed by atoms with Crippen molar-refractivity contribution in [3.05, 3.63) is 29.5 Å². The minimum Gasteiger partial charge on any atom is -0.475 e. The van der Waals surface area contributed by atoms with E-state index in [-0.39, 0.29) is 6.79 Å². The number of carbonyl (C=O) groups is 2. The maximum Gasteiger partial charge on any atom is 0.371 e. The van der Waals surface area contributed by atoms with Crippen LogP contribution in [0.2, 0.25) is 0 Å². The van der Waals surface area contributed by atoms with Gasteiger partial charge in [-0.25, -0.2) is 4.79 Å². The predicted octanol–water partition coefficient (Wildman–Crippen LogP) is 1.40. The highest BCUT2D eigenvalue weighted by molar-refractivity contribution is 5.92. The highest BCUT2D eigenvalue weighted by Gasteiger charge is 2.15. The van der Waals surface area contributed by atoms with Crippen molar-refractivity contribution in [3.63, 3.8) is 0 Å². The van der Waals surface area contributed by atoms with Crippen LogP contribution in [0.5, 0.6) is 11.5 Å². The number of fused-ring (bicyclic) bond motifs is 1. The van der Waals surface area contributed by atoms with Gasteiger partial charge in [0.25, 0.3) is 0 Å². The fourth-order valence-corrected chi connectivity index (χ4v) is 1.44. The summed E-state index contributed by atoms with van der Waals surface area (Å²) >= 11 is 0. The van der Waals surface area contributed by atoms with Crippen LogP contribution in [-0.2, 0) is 14.3 Å². The molecule has 6 nitrogen and oxygen atoms in total. The monoisotopic (exact) mass is 250 g/mol. The van der Waals surface area contributed by atoms with Crippen molar-refractivity contribution in [2.75, 3.05) is 6.79 Å². The molecular weight excluding hydrogens is 240 g/mol. The van der Waals surface area contributed by atoms with Gasteiger partial charge in [0.1, 0.15) is 0 Å². The molecule has 0 saturated heterocycles. The zero-order valence-corrected chi connectivity index (χ0v) is 9.50. The molecule has 1 aromatic carbocycles. The summed E-state index contributed by atoms with van der Waals surface area (Å²) < 4.78 is 14.9. The van der Waals surface area contributed by atoms with E-state index < -0.39 is 17.7 Å². The van der Waals surface area contributed by atoms with Gasteiger partial charge < -0.3 is 19.3 Å². The molecule has 0 saturated carbocycles. The van der Waals surface area contributed by atoms with Gasteiger partial charge in [0.15, 0.2) is 11.5 Å². The minimum absolute atomic E-state index is 0.137. The van der Waals surface area contributed by atoms with Gasteiger partial charge in [0.05, 0.1) is 0 Å². The molecule has 1 N–H and O–H groups in total. The average molecular weight is 250 g/mol. The molecule has 1 heterocycles. The van der Waals surface area contributed by atoms with Crippen molar-refractivity contribution in [3.8, 4) is 11.5 Å². The van der Waals surface area contributed by atoms with E-state index >= 15 is 0 Å². The van der Waals surface area contributed by atoms with Crippen LogP contribution in [0.15, 0.2) is 24.0 Å². The number of hydrogen-bond donors (Lipinski definition) is 1. The lowest BCUT2D eigenvalue weighted by molar-refractivity contribution is -0.146. The topological polar surface area (TPSA) is 82.1 Å². The lowest BCUT2D eigenvalue weighted by Gasteiger charge is -2.02. The van der Waals surface area contributed by atoms with Crippen molar-refractivity contribution in [2.45, 2.75) is 6.92 Å². The number of rotatable bonds is 3. The second kappa shape index (κ2) is 4.79. The molecular formula is C12H10O6. The van der Waals surface area contributed by atoms with Crippen LogP contribution in [0.4, 0.5) is 0 Å². The van der Waals surface area contributed by atoms with Gasteiger partial charge in [0.2, 0.25) is 12.6 Å². The summed E-state index contributed by atoms with van der Waals surface area (Å²) in [5, 5.41) is 8.88. The van der Waals surface area contributed by atoms with Gasteiger partial charge >= 0.3 is 11.9 Å². The number of esters is 1. The van der Waals surface area contributed by atoms with Crippen LogP contribution in [0.25, 0.3) is 6.08 Å². The number of aliphatic carboxylic acids is 1. The lowest BCUT2D eigenvalue weighted by Crippen LogP contribution is -2.08. The predicted molar refractivity (Wildman–Crippen MR) is 59.9 cm³/mol. The summed E-state index contributed by atoms with van der Waals surface area (Å²) in [7, 11) is 0. The normalized spacial score (nSPS) is 13.3. The Morgan fingerprint density at radius 3 is 2.72 bits per heavy atom. The number of carboxylic acids is 1. The highest BCUT2D eigenvalue weighted by atomic mass is 16.7. The van der Waals surface area contributed by atoms with Crippen molar-refractivity contribution in [2.24, 2.45) is 0 Å². The van der Waals surface area contributed by atoms with E-state index in [1.54, 1.807) is 18.2 Å². The molecule has 0 spiro atoms. The second-order valence-corrected chi connectivity index (χ2v) is 3.52. The molecule has 0 unspecified atom stereocenters. The van der Waals surface area contributed by atoms with E-state index in [1.165, 1.54) is 6.08 Å². The Bertz CT molecular complexity index is 531. The summed E-state index contributed by atoms with van der Waals surface area (Å²) in [5.74, 6) is -1.33. The molecule has 0 atom stereocenters. The lowest BCUT2D eigenvalue weighted by atomic mass is 10.2. The average Bonchev–Trinajstić information content (AvgIpc) is 2.74. The first-order valence-corrected chi connectivity index (χ1v) is 5.09. The summed E-state index contributed by atoms with van der Waals surface area (Å²) in [5.41, 5.74) is 0.540. The van der Waals surface area contributed by atoms with Gasteiger partial charge in [0, 0.05) is 6.92 Å². The smallest absolute Gasteiger partial charge is 0.371 e. The van der Waals surface area contributed by atoms with Crippen LogP contribution in [0.1, 0.15) is 12.5 Å². The third-order valence-corrected chi connectivity index (χ3v) is 2.16. The number of carboxylic acid groups (broad SMARTS) is 1. The van der Waals surface area contributed by atoms with Gasteiger partial charge in [-0.05, 0) is 23.8 Å². The molecule has 0 aromatic heterocycles. The Balaban J connectivity index is 2.29. The quantitative estimate of drug-likeness (QED) is 0.496. The van der Waals surface area contributed by atoms with Crippen LogP contribution in [0, 0.1) is 0 Å². The first kappa shape index (κ1) is 12.0. The van der Waals surface area contributed by atoms with Crippen LogP contribution < -0.4 is 9.47 Å². The number of benzene rings is 1. The third-order valence-electron chi connectivity index (χ3n) is 2.16. The first-order valence-electron chi connectivity index (χ1n) is 5.09. The van der Waals surface area contributed by atoms with Crippen molar-refractivity contribution < 1.29 is 28.9 Å². The van der Waals surface area contributed by atoms with E-state index in [4.69, 9.17) is 14.6 Å². The molecule has 0 fully saturated rings. The van der Waals surface area contributed by atoms with Crippen molar-refractivity contribution in [1.29, 1.82) is 0 Å². The fourth-order valence-electron chi connectivity index (χ4n) is 1.44. The molecule has 0 aliphatic carbocycles. The SMILES string of the molecule is CC(=O)O/C(=C/c1ccc2c(c1)OCO2)C(=O)O. The van der Waals surface area contributed by atoms with Crippen molar-refractivity contribution in [1.82, 2.24) is 0 Å². The number of ether oxygens (including phenoxy) is 3. The minimum atomic E-state index is -1.32. The van der Waals surface area contributed by atoms with E-state index in [1.807, 2.05) is 0 Å². The van der Waals surface area contributed by atoms with Crippen LogP contribution in [-0.4, -0.2) is 23.8 Å². The first-order chi connectivity index (χ1) is 8.56. The van der Waals surface area contributed by atoms with Gasteiger partial charge in [-0.15, -0.1) is 0 Å². The molecule has 0 amide bonds. The molecule has 94 valence electrons. The van der Waals surface area contributed by atoms with Crippen LogP contribution >= 0.6 is 0 Å². The Labute approximate surface area is 102 Å². The molecule has 6 heteroatoms. The van der Waals surface area contributed by atoms with E-state index in [0.29, 0.717) is 17.1 Å². The number of carbonyl (C=O) groups excluding carboxylic acids is 1. The summed E-state index contributed by atoms with van der Waals surface area (Å²) in [4.78, 5) is 21.6. The molecule has 18 heavy (non-hydrogen) atoms. The maximum absolute atomic E-state index is 10.9. The molecule has 2 rings (SSSR count). The Kier molecular flexibility index (Phi) is 3.18. The van der Waals surface area contributed by atoms with E-state index in [0.717, 1.165) is 6.92 Å². The summed E-state index contributed by atoms with van der Waals surface area (Å²) in [6, 6.07) is 4.90. The summed E-state index contributed by atoms with van der Waals surface area (Å²) in [6.07, 6.45) is 1.24. The van der Waals surface area contributed by atoms with Gasteiger partial charge in [-0.3, -0.25) is 4.79 Å². The standard InChI is InChI=1S/C12H10O6/c1-7(13)18-11(12(14)15)5-8-2-3-9-10(4-8)17-6-16-9/h2-5H,6H2,1H3,(H,14,15)/b11-5+. The zero-order valence-electron chi connectivity index (χ0n) is 9.50. The summed E-state index contributed by atoms with van der Waals surface area (Å²) in [6.45, 7) is 1.27. The van der Waals surface area contributed by atoms with Gasteiger partial charge in [-0.2, -0.15) is 0 Å². The fraction of sp³-hybridized carbons (Fsp3) is 0.167. The van der Waals surface area contributed by atoms with E-state index in [2.05, 4.69) is 4.74 Å². The van der Waals surface area contributed by atoms with Crippen LogP contribution in [0.3, 0.4) is 0 Å². The Morgan fingerprint density at radius 1 is 1.33 bits per heavy atom. The Hall–Kier alpha value is -2.50. The highest BCUT2D eigenvalue weighted by Crippen LogP contribution is 2.33. The maximum atomic E-state index is 10.9. The van der Waals surface area contributed by atoms with Gasteiger partial charge in [-0.1, -0.05) is 6.07 Å². The molecule has 0 radical (unpaired) electrons. The molecule has 1 aliphatic heterocycles. The molecule has 1 aliphatic rings. The largest absolute Gasteiger partial charge is 0.475 e. The Morgan fingerprint density at radius 2 is 2.06 bits per heavy atom. The molecule has 1 aromatic rings.